The van der Waals surface area contributed by atoms with E-state index in [0.29, 0.717) is 17.5 Å². The molecule has 0 aromatic carbocycles. The summed E-state index contributed by atoms with van der Waals surface area (Å²) in [7, 11) is 0. The predicted octanol–water partition coefficient (Wildman–Crippen LogP) is 0.907. The van der Waals surface area contributed by atoms with Gasteiger partial charge in [-0.25, -0.2) is 9.50 Å². The van der Waals surface area contributed by atoms with Crippen LogP contribution in [-0.2, 0) is 19.4 Å². The molecule has 1 unspecified atom stereocenters. The molecule has 5 nitrogen and oxygen atoms in total. The van der Waals surface area contributed by atoms with Crippen molar-refractivity contribution in [1.29, 1.82) is 0 Å². The van der Waals surface area contributed by atoms with Crippen molar-refractivity contribution < 1.29 is 5.11 Å². The second kappa shape index (κ2) is 3.92. The van der Waals surface area contributed by atoms with Crippen LogP contribution < -0.4 is 0 Å². The summed E-state index contributed by atoms with van der Waals surface area (Å²) in [5.74, 6) is 1.53. The summed E-state index contributed by atoms with van der Waals surface area (Å²) in [5.41, 5.74) is 2.38. The maximum Gasteiger partial charge on any atom is 0.252 e. The van der Waals surface area contributed by atoms with Crippen LogP contribution in [-0.4, -0.2) is 24.7 Å². The van der Waals surface area contributed by atoms with Crippen LogP contribution in [0.15, 0.2) is 18.9 Å². The van der Waals surface area contributed by atoms with Gasteiger partial charge in [-0.3, -0.25) is 0 Å². The van der Waals surface area contributed by atoms with Gasteiger partial charge in [0.15, 0.2) is 5.82 Å². The maximum atomic E-state index is 9.04. The fourth-order valence-electron chi connectivity index (χ4n) is 2.37. The predicted molar refractivity (Wildman–Crippen MR) is 62.4 cm³/mol. The first-order chi connectivity index (χ1) is 8.31. The number of aryl methyl sites for hydroxylation is 1. The number of rotatable bonds is 2. The number of allylic oxidation sites excluding steroid dienone is 1. The smallest absolute Gasteiger partial charge is 0.252 e. The number of aliphatic hydroxyl groups is 1. The molecule has 2 aromatic heterocycles. The Morgan fingerprint density at radius 1 is 1.59 bits per heavy atom. The summed E-state index contributed by atoms with van der Waals surface area (Å²) in [6.45, 7) is 3.70. The van der Waals surface area contributed by atoms with E-state index in [-0.39, 0.29) is 6.61 Å². The van der Waals surface area contributed by atoms with Crippen LogP contribution in [0.2, 0.25) is 0 Å². The average molecular weight is 230 g/mol. The van der Waals surface area contributed by atoms with Crippen LogP contribution in [0.1, 0.15) is 23.5 Å². The quantitative estimate of drug-likeness (QED) is 0.779. The number of aliphatic hydroxyl groups excluding tert-OH is 1. The van der Waals surface area contributed by atoms with Crippen molar-refractivity contribution in [3.05, 3.63) is 35.9 Å². The van der Waals surface area contributed by atoms with Gasteiger partial charge < -0.3 is 5.11 Å². The third kappa shape index (κ3) is 1.63. The van der Waals surface area contributed by atoms with Crippen molar-refractivity contribution in [3.8, 4) is 0 Å². The van der Waals surface area contributed by atoms with Gasteiger partial charge in [0, 0.05) is 6.20 Å². The summed E-state index contributed by atoms with van der Waals surface area (Å²) in [4.78, 5) is 8.42. The highest BCUT2D eigenvalue weighted by atomic mass is 16.3. The van der Waals surface area contributed by atoms with E-state index in [9.17, 15) is 0 Å². The number of hydrogen-bond donors (Lipinski definition) is 1. The molecular formula is C12H14N4O. The molecule has 1 atom stereocenters. The monoisotopic (exact) mass is 230 g/mol. The Morgan fingerprint density at radius 3 is 3.24 bits per heavy atom. The number of aromatic nitrogens is 4. The molecular weight excluding hydrogens is 216 g/mol. The lowest BCUT2D eigenvalue weighted by molar-refractivity contribution is 0.271. The van der Waals surface area contributed by atoms with Crippen LogP contribution >= 0.6 is 0 Å². The van der Waals surface area contributed by atoms with Crippen molar-refractivity contribution in [3.63, 3.8) is 0 Å². The van der Waals surface area contributed by atoms with E-state index in [1.165, 1.54) is 11.3 Å². The van der Waals surface area contributed by atoms with E-state index in [4.69, 9.17) is 5.11 Å². The van der Waals surface area contributed by atoms with E-state index in [0.717, 1.165) is 19.3 Å². The van der Waals surface area contributed by atoms with E-state index >= 15 is 0 Å². The molecule has 0 bridgehead atoms. The molecule has 0 saturated heterocycles. The Morgan fingerprint density at radius 2 is 2.47 bits per heavy atom. The normalized spacial score (nSPS) is 19.2. The Hall–Kier alpha value is -1.75. The summed E-state index contributed by atoms with van der Waals surface area (Å²) in [6.07, 6.45) is 6.89. The molecule has 88 valence electrons. The first-order valence-electron chi connectivity index (χ1n) is 5.77. The van der Waals surface area contributed by atoms with Gasteiger partial charge in [0.05, 0.1) is 5.69 Å². The zero-order valence-corrected chi connectivity index (χ0v) is 9.50. The molecule has 2 aromatic rings. The lowest BCUT2D eigenvalue weighted by Gasteiger charge is -2.21. The molecule has 1 aliphatic carbocycles. The largest absolute Gasteiger partial charge is 0.388 e. The third-order valence-electron chi connectivity index (χ3n) is 3.30. The minimum atomic E-state index is -0.145. The van der Waals surface area contributed by atoms with Gasteiger partial charge in [-0.15, -0.1) is 11.7 Å². The summed E-state index contributed by atoms with van der Waals surface area (Å²) >= 11 is 0. The van der Waals surface area contributed by atoms with Crippen molar-refractivity contribution in [2.24, 2.45) is 5.92 Å². The molecule has 0 radical (unpaired) electrons. The van der Waals surface area contributed by atoms with E-state index < -0.39 is 0 Å². The fraction of sp³-hybridized carbons (Fsp3) is 0.417. The second-order valence-corrected chi connectivity index (χ2v) is 4.37. The topological polar surface area (TPSA) is 63.3 Å². The second-order valence-electron chi connectivity index (χ2n) is 4.37. The number of hydrogen-bond acceptors (Lipinski definition) is 4. The molecule has 0 amide bonds. The van der Waals surface area contributed by atoms with Crippen LogP contribution in [0.3, 0.4) is 0 Å². The molecule has 0 saturated carbocycles. The van der Waals surface area contributed by atoms with Crippen LogP contribution in [0.4, 0.5) is 0 Å². The number of fused-ring (bicyclic) bond motifs is 3. The van der Waals surface area contributed by atoms with Crippen LogP contribution in [0.5, 0.6) is 0 Å². The molecule has 17 heavy (non-hydrogen) atoms. The van der Waals surface area contributed by atoms with Crippen molar-refractivity contribution in [2.45, 2.75) is 25.9 Å². The van der Waals surface area contributed by atoms with Gasteiger partial charge in [-0.1, -0.05) is 6.08 Å². The van der Waals surface area contributed by atoms with Crippen molar-refractivity contribution in [1.82, 2.24) is 19.6 Å². The molecule has 1 aliphatic rings. The van der Waals surface area contributed by atoms with Crippen molar-refractivity contribution in [2.75, 3.05) is 0 Å². The molecule has 0 fully saturated rings. The minimum absolute atomic E-state index is 0.145. The Balaban J connectivity index is 2.13. The minimum Gasteiger partial charge on any atom is -0.388 e. The zero-order valence-electron chi connectivity index (χ0n) is 9.50. The van der Waals surface area contributed by atoms with Gasteiger partial charge >= 0.3 is 0 Å². The fourth-order valence-corrected chi connectivity index (χ4v) is 2.37. The van der Waals surface area contributed by atoms with Gasteiger partial charge in [-0.05, 0) is 30.7 Å². The highest BCUT2D eigenvalue weighted by Crippen LogP contribution is 2.25. The van der Waals surface area contributed by atoms with Crippen molar-refractivity contribution >= 4 is 5.78 Å². The van der Waals surface area contributed by atoms with Gasteiger partial charge in [0.25, 0.3) is 5.78 Å². The lowest BCUT2D eigenvalue weighted by atomic mass is 9.87. The lowest BCUT2D eigenvalue weighted by Crippen LogP contribution is -2.16. The third-order valence-corrected chi connectivity index (χ3v) is 3.30. The summed E-state index contributed by atoms with van der Waals surface area (Å²) in [5, 5.41) is 13.3. The van der Waals surface area contributed by atoms with Gasteiger partial charge in [0.2, 0.25) is 0 Å². The van der Waals surface area contributed by atoms with E-state index in [2.05, 4.69) is 21.6 Å². The zero-order chi connectivity index (χ0) is 11.8. The van der Waals surface area contributed by atoms with Crippen LogP contribution in [0, 0.1) is 5.92 Å². The van der Waals surface area contributed by atoms with E-state index in [1.54, 1.807) is 4.52 Å². The maximum absolute atomic E-state index is 9.04. The molecule has 0 spiro atoms. The van der Waals surface area contributed by atoms with E-state index in [1.807, 2.05) is 12.3 Å². The van der Waals surface area contributed by atoms with Gasteiger partial charge in [0.1, 0.15) is 6.61 Å². The summed E-state index contributed by atoms with van der Waals surface area (Å²) < 4.78 is 1.76. The molecule has 3 rings (SSSR count). The Kier molecular flexibility index (Phi) is 2.40. The van der Waals surface area contributed by atoms with Gasteiger partial charge in [-0.2, -0.15) is 4.98 Å². The molecule has 2 heterocycles. The van der Waals surface area contributed by atoms with Crippen LogP contribution in [0.25, 0.3) is 5.78 Å². The highest BCUT2D eigenvalue weighted by molar-refractivity contribution is 5.34. The Labute approximate surface area is 98.8 Å². The molecule has 1 N–H and O–H groups in total. The molecule has 5 heteroatoms. The summed E-state index contributed by atoms with van der Waals surface area (Å²) in [6, 6.07) is 0. The Bertz CT molecular complexity index is 575. The number of nitrogens with zero attached hydrogens (tertiary/aromatic N) is 4. The first kappa shape index (κ1) is 10.4. The first-order valence-corrected chi connectivity index (χ1v) is 5.77. The molecule has 0 aliphatic heterocycles. The standard InChI is InChI=1S/C12H14N4O/c1-2-8-3-4-10-9(5-8)6-13-12-14-11(7-17)15-16(10)12/h2,6,8,17H,1,3-5,7H2. The SMILES string of the molecule is C=CC1CCc2c(cnc3nc(CO)nn23)C1. The highest BCUT2D eigenvalue weighted by Gasteiger charge is 2.20. The average Bonchev–Trinajstić information content (AvgIpc) is 2.81.